The molecule has 0 saturated heterocycles. The number of rotatable bonds is 9. The van der Waals surface area contributed by atoms with Crippen molar-refractivity contribution in [1.29, 1.82) is 0 Å². The molecule has 0 radical (unpaired) electrons. The zero-order valence-corrected chi connectivity index (χ0v) is 21.5. The molecule has 39 heavy (non-hydrogen) atoms. The van der Waals surface area contributed by atoms with Crippen molar-refractivity contribution in [1.82, 2.24) is 0 Å². The van der Waals surface area contributed by atoms with E-state index in [-0.39, 0.29) is 30.3 Å². The second-order valence-electron chi connectivity index (χ2n) is 9.83. The lowest BCUT2D eigenvalue weighted by Gasteiger charge is -2.32. The molecule has 2 aromatic carbocycles. The molecule has 0 aliphatic heterocycles. The Bertz CT molecular complexity index is 1200. The number of hydrogen-bond donors (Lipinski definition) is 1. The van der Waals surface area contributed by atoms with Gasteiger partial charge in [-0.25, -0.2) is 0 Å². The largest absolute Gasteiger partial charge is 0.458 e. The van der Waals surface area contributed by atoms with Crippen molar-refractivity contribution in [2.75, 3.05) is 18.0 Å². The second-order valence-corrected chi connectivity index (χ2v) is 9.83. The van der Waals surface area contributed by atoms with Crippen LogP contribution >= 0.6 is 0 Å². The molecule has 1 aliphatic rings. The van der Waals surface area contributed by atoms with E-state index in [1.54, 1.807) is 12.1 Å². The van der Waals surface area contributed by atoms with Gasteiger partial charge < -0.3 is 14.7 Å². The van der Waals surface area contributed by atoms with E-state index in [4.69, 9.17) is 4.74 Å². The average molecular weight is 564 g/mol. The van der Waals surface area contributed by atoms with E-state index < -0.39 is 42.4 Å². The van der Waals surface area contributed by atoms with Crippen LogP contribution < -0.4 is 9.64 Å². The third-order valence-electron chi connectivity index (χ3n) is 6.39. The highest BCUT2D eigenvalue weighted by Crippen LogP contribution is 2.43. The first kappa shape index (κ1) is 30.5. The number of aryl methyl sites for hydroxylation is 1. The predicted octanol–water partition coefficient (Wildman–Crippen LogP) is 8.34. The van der Waals surface area contributed by atoms with Gasteiger partial charge >= 0.3 is 18.3 Å². The second kappa shape index (κ2) is 11.6. The average Bonchev–Trinajstić information content (AvgIpc) is 2.83. The van der Waals surface area contributed by atoms with Gasteiger partial charge in [-0.2, -0.15) is 35.1 Å². The van der Waals surface area contributed by atoms with Crippen LogP contribution in [-0.2, 0) is 0 Å². The molecule has 2 aromatic rings. The molecule has 11 heteroatoms. The maximum absolute atomic E-state index is 13.9. The van der Waals surface area contributed by atoms with Crippen LogP contribution in [0.25, 0.3) is 0 Å². The van der Waals surface area contributed by atoms with E-state index in [1.165, 1.54) is 18.2 Å². The summed E-state index contributed by atoms with van der Waals surface area (Å²) in [5.74, 6) is -5.13. The van der Waals surface area contributed by atoms with E-state index in [2.05, 4.69) is 0 Å². The van der Waals surface area contributed by atoms with Crippen molar-refractivity contribution in [2.24, 2.45) is 5.92 Å². The standard InChI is InChI=1S/C28H29F8NO2/c1-17(2)24-14-23(11-10-18(24)3)39-22-9-5-8-21(13-22)37(16-25(38)27(31,32)33)15-19-6-4-7-20(12-19)26(29,30)28(34,35)36/h4-5,7-14,17,19,25,38H,6,15-16H2,1-3H3. The van der Waals surface area contributed by atoms with Gasteiger partial charge in [-0.15, -0.1) is 0 Å². The Morgan fingerprint density at radius 1 is 0.974 bits per heavy atom. The fourth-order valence-corrected chi connectivity index (χ4v) is 4.31. The molecule has 0 aromatic heterocycles. The van der Waals surface area contributed by atoms with Crippen LogP contribution in [0.5, 0.6) is 11.5 Å². The molecule has 0 bridgehead atoms. The lowest BCUT2D eigenvalue weighted by atomic mass is 9.92. The minimum absolute atomic E-state index is 0.0214. The third-order valence-corrected chi connectivity index (χ3v) is 6.39. The lowest BCUT2D eigenvalue weighted by Crippen LogP contribution is -2.43. The number of halogens is 8. The number of allylic oxidation sites excluding steroid dienone is 3. The van der Waals surface area contributed by atoms with Crippen molar-refractivity contribution in [3.05, 3.63) is 77.4 Å². The Morgan fingerprint density at radius 3 is 2.26 bits per heavy atom. The normalized spacial score (nSPS) is 17.3. The maximum Gasteiger partial charge on any atom is 0.458 e. The SMILES string of the molecule is Cc1ccc(Oc2cccc(N(CC3C=C(C(F)(F)C(F)(F)F)C=CC3)CC(O)C(F)(F)F)c2)cc1C(C)C. The lowest BCUT2D eigenvalue weighted by molar-refractivity contribution is -0.263. The summed E-state index contributed by atoms with van der Waals surface area (Å²) in [5.41, 5.74) is 0.990. The molecule has 3 nitrogen and oxygen atoms in total. The van der Waals surface area contributed by atoms with Crippen LogP contribution in [0.3, 0.4) is 0 Å². The van der Waals surface area contributed by atoms with Gasteiger partial charge in [0.2, 0.25) is 0 Å². The first-order valence-corrected chi connectivity index (χ1v) is 12.2. The smallest absolute Gasteiger partial charge is 0.457 e. The molecule has 2 unspecified atom stereocenters. The van der Waals surface area contributed by atoms with E-state index >= 15 is 0 Å². The highest BCUT2D eigenvalue weighted by atomic mass is 19.4. The van der Waals surface area contributed by atoms with E-state index in [1.807, 2.05) is 32.9 Å². The minimum Gasteiger partial charge on any atom is -0.457 e. The summed E-state index contributed by atoms with van der Waals surface area (Å²) in [6.07, 6.45) is -11.0. The van der Waals surface area contributed by atoms with Crippen molar-refractivity contribution in [2.45, 2.75) is 57.5 Å². The van der Waals surface area contributed by atoms with Crippen molar-refractivity contribution in [3.8, 4) is 11.5 Å². The molecule has 2 atom stereocenters. The van der Waals surface area contributed by atoms with Crippen molar-refractivity contribution >= 4 is 5.69 Å². The van der Waals surface area contributed by atoms with Gasteiger partial charge in [0.1, 0.15) is 11.5 Å². The van der Waals surface area contributed by atoms with Crippen LogP contribution in [0, 0.1) is 12.8 Å². The summed E-state index contributed by atoms with van der Waals surface area (Å²) in [5, 5.41) is 9.75. The summed E-state index contributed by atoms with van der Waals surface area (Å²) in [4.78, 5) is 1.10. The predicted molar refractivity (Wildman–Crippen MR) is 132 cm³/mol. The Balaban J connectivity index is 1.91. The summed E-state index contributed by atoms with van der Waals surface area (Å²) in [6.45, 7) is 4.66. The zero-order chi connectivity index (χ0) is 29.2. The van der Waals surface area contributed by atoms with Crippen molar-refractivity contribution < 1.29 is 45.0 Å². The van der Waals surface area contributed by atoms with Crippen LogP contribution in [0.15, 0.2) is 66.3 Å². The molecule has 0 saturated carbocycles. The Kier molecular flexibility index (Phi) is 9.04. The monoisotopic (exact) mass is 563 g/mol. The summed E-state index contributed by atoms with van der Waals surface area (Å²) >= 11 is 0. The van der Waals surface area contributed by atoms with E-state index in [0.29, 0.717) is 11.8 Å². The topological polar surface area (TPSA) is 32.7 Å². The van der Waals surface area contributed by atoms with Gasteiger partial charge in [0, 0.05) is 23.9 Å². The molecule has 0 heterocycles. The van der Waals surface area contributed by atoms with Gasteiger partial charge in [-0.1, -0.05) is 44.2 Å². The summed E-state index contributed by atoms with van der Waals surface area (Å²) in [6, 6.07) is 11.4. The van der Waals surface area contributed by atoms with Crippen LogP contribution in [0.2, 0.25) is 0 Å². The number of benzene rings is 2. The summed E-state index contributed by atoms with van der Waals surface area (Å²) in [7, 11) is 0. The molecule has 0 fully saturated rings. The van der Waals surface area contributed by atoms with Crippen LogP contribution in [-0.4, -0.2) is 42.6 Å². The maximum atomic E-state index is 13.9. The molecule has 1 N–H and O–H groups in total. The van der Waals surface area contributed by atoms with Gasteiger partial charge in [-0.3, -0.25) is 0 Å². The number of nitrogens with zero attached hydrogens (tertiary/aromatic N) is 1. The highest BCUT2D eigenvalue weighted by molar-refractivity contribution is 5.52. The summed E-state index contributed by atoms with van der Waals surface area (Å²) < 4.78 is 112. The number of aliphatic hydroxyl groups is 1. The first-order valence-electron chi connectivity index (χ1n) is 12.2. The molecular weight excluding hydrogens is 534 g/mol. The third kappa shape index (κ3) is 7.52. The molecule has 3 rings (SSSR count). The Morgan fingerprint density at radius 2 is 1.64 bits per heavy atom. The number of anilines is 1. The zero-order valence-electron chi connectivity index (χ0n) is 21.5. The minimum atomic E-state index is -5.83. The molecule has 214 valence electrons. The van der Waals surface area contributed by atoms with Gasteiger partial charge in [0.25, 0.3) is 0 Å². The number of ether oxygens (including phenoxy) is 1. The van der Waals surface area contributed by atoms with Gasteiger partial charge in [0.15, 0.2) is 6.10 Å². The molecule has 1 aliphatic carbocycles. The molecule has 0 spiro atoms. The van der Waals surface area contributed by atoms with Gasteiger partial charge in [-0.05, 0) is 60.6 Å². The van der Waals surface area contributed by atoms with E-state index in [0.717, 1.165) is 28.2 Å². The number of alkyl halides is 8. The van der Waals surface area contributed by atoms with E-state index in [9.17, 15) is 40.2 Å². The van der Waals surface area contributed by atoms with Crippen molar-refractivity contribution in [3.63, 3.8) is 0 Å². The highest BCUT2D eigenvalue weighted by Gasteiger charge is 2.59. The number of hydrogen-bond acceptors (Lipinski definition) is 3. The van der Waals surface area contributed by atoms with Gasteiger partial charge in [0.05, 0.1) is 6.54 Å². The van der Waals surface area contributed by atoms with Crippen LogP contribution in [0.4, 0.5) is 40.8 Å². The Labute approximate surface area is 221 Å². The first-order chi connectivity index (χ1) is 18.0. The van der Waals surface area contributed by atoms with Crippen LogP contribution in [0.1, 0.15) is 37.3 Å². The fraction of sp³-hybridized carbons (Fsp3) is 0.429. The molecule has 0 amide bonds. The quantitative estimate of drug-likeness (QED) is 0.312. The Hall–Kier alpha value is -3.08. The fourth-order valence-electron chi connectivity index (χ4n) is 4.31. The number of aliphatic hydroxyl groups excluding tert-OH is 1. The molecular formula is C28H29F8NO2.